The molecule has 0 aromatic heterocycles. The molecule has 1 fully saturated rings. The minimum atomic E-state index is -0.813. The van der Waals surface area contributed by atoms with Crippen molar-refractivity contribution >= 4 is 11.6 Å². The topological polar surface area (TPSA) is 23.5 Å². The molecule has 3 heteroatoms. The van der Waals surface area contributed by atoms with Gasteiger partial charge in [0.15, 0.2) is 0 Å². The van der Waals surface area contributed by atoms with Crippen molar-refractivity contribution in [1.29, 1.82) is 0 Å². The van der Waals surface area contributed by atoms with Crippen molar-refractivity contribution in [3.05, 3.63) is 107 Å². The average molecular weight is 350 g/mol. The minimum absolute atomic E-state index is 0.148. The van der Waals surface area contributed by atoms with E-state index in [0.717, 1.165) is 5.56 Å². The summed E-state index contributed by atoms with van der Waals surface area (Å²) in [4.78, 5) is 2.32. The molecule has 4 rings (SSSR count). The third-order valence-corrected chi connectivity index (χ3v) is 5.16. The van der Waals surface area contributed by atoms with Crippen LogP contribution in [0.2, 0.25) is 5.02 Å². The Kier molecular flexibility index (Phi) is 4.34. The molecule has 1 aliphatic rings. The van der Waals surface area contributed by atoms with Crippen LogP contribution in [0.15, 0.2) is 84.9 Å². The van der Waals surface area contributed by atoms with Crippen molar-refractivity contribution in [1.82, 2.24) is 4.90 Å². The quantitative estimate of drug-likeness (QED) is 0.742. The number of nitrogens with zero attached hydrogens (tertiary/aromatic N) is 1. The van der Waals surface area contributed by atoms with Crippen LogP contribution >= 0.6 is 11.6 Å². The van der Waals surface area contributed by atoms with E-state index in [-0.39, 0.29) is 6.04 Å². The molecule has 2 nitrogen and oxygen atoms in total. The van der Waals surface area contributed by atoms with E-state index in [9.17, 15) is 5.11 Å². The van der Waals surface area contributed by atoms with Crippen LogP contribution in [0.1, 0.15) is 22.7 Å². The van der Waals surface area contributed by atoms with Gasteiger partial charge in [0.25, 0.3) is 0 Å². The molecule has 0 atom stereocenters. The Labute approximate surface area is 153 Å². The number of β-amino-alcohol motifs (C(OH)–C–C–N with tert-alkyl or cyclic N) is 1. The lowest BCUT2D eigenvalue weighted by molar-refractivity contribution is -0.116. The van der Waals surface area contributed by atoms with Crippen molar-refractivity contribution in [2.45, 2.75) is 11.6 Å². The van der Waals surface area contributed by atoms with Gasteiger partial charge in [-0.1, -0.05) is 84.4 Å². The van der Waals surface area contributed by atoms with E-state index in [1.54, 1.807) is 0 Å². The molecule has 0 bridgehead atoms. The SMILES string of the molecule is OC1(c2ccc(Cl)cc2)CN(C(c2ccccc2)c2ccccc2)C1. The lowest BCUT2D eigenvalue weighted by Crippen LogP contribution is -2.60. The van der Waals surface area contributed by atoms with E-state index in [1.807, 2.05) is 36.4 Å². The van der Waals surface area contributed by atoms with E-state index in [2.05, 4.69) is 53.4 Å². The van der Waals surface area contributed by atoms with Gasteiger partial charge in [0.1, 0.15) is 5.60 Å². The number of aliphatic hydroxyl groups is 1. The van der Waals surface area contributed by atoms with Gasteiger partial charge in [0, 0.05) is 18.1 Å². The van der Waals surface area contributed by atoms with Crippen LogP contribution in [-0.2, 0) is 5.60 Å². The van der Waals surface area contributed by atoms with E-state index >= 15 is 0 Å². The van der Waals surface area contributed by atoms with Gasteiger partial charge < -0.3 is 5.11 Å². The molecular formula is C22H20ClNO. The van der Waals surface area contributed by atoms with Crippen LogP contribution in [0.4, 0.5) is 0 Å². The Morgan fingerprint density at radius 1 is 0.760 bits per heavy atom. The van der Waals surface area contributed by atoms with Gasteiger partial charge in [0.05, 0.1) is 6.04 Å². The molecule has 25 heavy (non-hydrogen) atoms. The molecule has 0 radical (unpaired) electrons. The first kappa shape index (κ1) is 16.3. The lowest BCUT2D eigenvalue weighted by Gasteiger charge is -2.50. The maximum atomic E-state index is 11.0. The number of benzene rings is 3. The lowest BCUT2D eigenvalue weighted by atomic mass is 9.82. The summed E-state index contributed by atoms with van der Waals surface area (Å²) in [6.07, 6.45) is 0. The Hall–Kier alpha value is -2.13. The van der Waals surface area contributed by atoms with Crippen LogP contribution in [0.5, 0.6) is 0 Å². The van der Waals surface area contributed by atoms with Crippen molar-refractivity contribution < 1.29 is 5.11 Å². The summed E-state index contributed by atoms with van der Waals surface area (Å²) < 4.78 is 0. The van der Waals surface area contributed by atoms with Crippen molar-refractivity contribution in [2.24, 2.45) is 0 Å². The Morgan fingerprint density at radius 3 is 1.72 bits per heavy atom. The minimum Gasteiger partial charge on any atom is -0.382 e. The van der Waals surface area contributed by atoms with Crippen LogP contribution in [0, 0.1) is 0 Å². The number of rotatable bonds is 4. The third kappa shape index (κ3) is 3.21. The number of likely N-dealkylation sites (tertiary alicyclic amines) is 1. The summed E-state index contributed by atoms with van der Waals surface area (Å²) in [5, 5.41) is 11.7. The van der Waals surface area contributed by atoms with Crippen molar-refractivity contribution in [2.75, 3.05) is 13.1 Å². The maximum Gasteiger partial charge on any atom is 0.115 e. The molecule has 3 aromatic rings. The predicted molar refractivity (Wildman–Crippen MR) is 102 cm³/mol. The Morgan fingerprint density at radius 2 is 1.24 bits per heavy atom. The Balaban J connectivity index is 1.61. The predicted octanol–water partition coefficient (Wildman–Crippen LogP) is 4.63. The second-order valence-electron chi connectivity index (χ2n) is 6.67. The van der Waals surface area contributed by atoms with E-state index in [4.69, 9.17) is 11.6 Å². The molecule has 0 spiro atoms. The molecule has 0 saturated carbocycles. The van der Waals surface area contributed by atoms with Gasteiger partial charge >= 0.3 is 0 Å². The molecular weight excluding hydrogens is 330 g/mol. The first-order valence-electron chi connectivity index (χ1n) is 8.48. The fourth-order valence-electron chi connectivity index (χ4n) is 3.64. The molecule has 1 saturated heterocycles. The zero-order valence-electron chi connectivity index (χ0n) is 13.8. The summed E-state index contributed by atoms with van der Waals surface area (Å²) in [5.41, 5.74) is 2.60. The summed E-state index contributed by atoms with van der Waals surface area (Å²) >= 11 is 5.97. The standard InChI is InChI=1S/C22H20ClNO/c23-20-13-11-19(12-14-20)22(25)15-24(16-22)21(17-7-3-1-4-8-17)18-9-5-2-6-10-18/h1-14,21,25H,15-16H2. The first-order chi connectivity index (χ1) is 12.2. The second-order valence-corrected chi connectivity index (χ2v) is 7.10. The number of hydrogen-bond acceptors (Lipinski definition) is 2. The fourth-order valence-corrected chi connectivity index (χ4v) is 3.76. The molecule has 126 valence electrons. The highest BCUT2D eigenvalue weighted by Crippen LogP contribution is 2.40. The highest BCUT2D eigenvalue weighted by atomic mass is 35.5. The largest absolute Gasteiger partial charge is 0.382 e. The molecule has 3 aromatic carbocycles. The van der Waals surface area contributed by atoms with Gasteiger partial charge in [-0.2, -0.15) is 0 Å². The molecule has 1 aliphatic heterocycles. The summed E-state index contributed by atoms with van der Waals surface area (Å²) in [7, 11) is 0. The van der Waals surface area contributed by atoms with Crippen molar-refractivity contribution in [3.63, 3.8) is 0 Å². The number of hydrogen-bond donors (Lipinski definition) is 1. The highest BCUT2D eigenvalue weighted by molar-refractivity contribution is 6.30. The van der Waals surface area contributed by atoms with Gasteiger partial charge in [0.2, 0.25) is 0 Å². The summed E-state index contributed by atoms with van der Waals surface area (Å²) in [6.45, 7) is 1.20. The van der Waals surface area contributed by atoms with Gasteiger partial charge in [-0.25, -0.2) is 0 Å². The van der Waals surface area contributed by atoms with Gasteiger partial charge in [-0.3, -0.25) is 4.90 Å². The third-order valence-electron chi connectivity index (χ3n) is 4.91. The number of halogens is 1. The molecule has 1 heterocycles. The van der Waals surface area contributed by atoms with E-state index in [0.29, 0.717) is 18.1 Å². The van der Waals surface area contributed by atoms with Gasteiger partial charge in [-0.05, 0) is 28.8 Å². The summed E-state index contributed by atoms with van der Waals surface area (Å²) in [6, 6.07) is 28.6. The molecule has 0 amide bonds. The van der Waals surface area contributed by atoms with Crippen LogP contribution in [-0.4, -0.2) is 23.1 Å². The molecule has 0 unspecified atom stereocenters. The average Bonchev–Trinajstić information content (AvgIpc) is 2.63. The monoisotopic (exact) mass is 349 g/mol. The fraction of sp³-hybridized carbons (Fsp3) is 0.182. The van der Waals surface area contributed by atoms with E-state index < -0.39 is 5.60 Å². The normalized spacial score (nSPS) is 16.6. The smallest absolute Gasteiger partial charge is 0.115 e. The van der Waals surface area contributed by atoms with Crippen LogP contribution in [0.25, 0.3) is 0 Å². The molecule has 0 aliphatic carbocycles. The van der Waals surface area contributed by atoms with E-state index in [1.165, 1.54) is 11.1 Å². The van der Waals surface area contributed by atoms with Gasteiger partial charge in [-0.15, -0.1) is 0 Å². The zero-order valence-corrected chi connectivity index (χ0v) is 14.6. The molecule has 1 N–H and O–H groups in total. The Bertz CT molecular complexity index is 787. The van der Waals surface area contributed by atoms with Crippen LogP contribution < -0.4 is 0 Å². The maximum absolute atomic E-state index is 11.0. The second kappa shape index (κ2) is 6.64. The summed E-state index contributed by atoms with van der Waals surface area (Å²) in [5.74, 6) is 0. The highest BCUT2D eigenvalue weighted by Gasteiger charge is 2.45. The first-order valence-corrected chi connectivity index (χ1v) is 8.86. The zero-order chi connectivity index (χ0) is 17.3. The van der Waals surface area contributed by atoms with Crippen LogP contribution in [0.3, 0.4) is 0 Å². The van der Waals surface area contributed by atoms with Crippen molar-refractivity contribution in [3.8, 4) is 0 Å².